The molecule has 1 spiro atoms. The van der Waals surface area contributed by atoms with E-state index in [1.165, 1.54) is 37.8 Å². The summed E-state index contributed by atoms with van der Waals surface area (Å²) in [4.78, 5) is 21.8. The van der Waals surface area contributed by atoms with Crippen molar-refractivity contribution >= 4 is 5.91 Å². The summed E-state index contributed by atoms with van der Waals surface area (Å²) in [5.41, 5.74) is 2.60. The van der Waals surface area contributed by atoms with Gasteiger partial charge < -0.3 is 4.90 Å². The van der Waals surface area contributed by atoms with Crippen molar-refractivity contribution in [3.05, 3.63) is 29.6 Å². The Bertz CT molecular complexity index is 613. The first-order valence-corrected chi connectivity index (χ1v) is 9.55. The van der Waals surface area contributed by atoms with Crippen LogP contribution in [0.5, 0.6) is 0 Å². The van der Waals surface area contributed by atoms with E-state index in [2.05, 4.69) is 39.9 Å². The average molecular weight is 327 g/mol. The highest BCUT2D eigenvalue weighted by molar-refractivity contribution is 5.77. The average Bonchev–Trinajstić information content (AvgIpc) is 3.27. The third-order valence-corrected chi connectivity index (χ3v) is 6.02. The van der Waals surface area contributed by atoms with Crippen molar-refractivity contribution in [1.29, 1.82) is 0 Å². The monoisotopic (exact) mass is 327 g/mol. The van der Waals surface area contributed by atoms with Crippen molar-refractivity contribution in [3.63, 3.8) is 0 Å². The van der Waals surface area contributed by atoms with Gasteiger partial charge in [0.15, 0.2) is 0 Å². The van der Waals surface area contributed by atoms with Crippen molar-refractivity contribution < 1.29 is 4.79 Å². The number of nitrogens with zero attached hydrogens (tertiary/aromatic N) is 3. The number of hydrogen-bond acceptors (Lipinski definition) is 3. The fourth-order valence-electron chi connectivity index (χ4n) is 4.54. The van der Waals surface area contributed by atoms with Gasteiger partial charge in [-0.2, -0.15) is 0 Å². The van der Waals surface area contributed by atoms with E-state index in [0.717, 1.165) is 44.8 Å². The number of piperidine rings is 1. The van der Waals surface area contributed by atoms with Gasteiger partial charge >= 0.3 is 0 Å². The number of amides is 1. The number of aromatic nitrogens is 1. The van der Waals surface area contributed by atoms with Gasteiger partial charge in [0.25, 0.3) is 0 Å². The fourth-order valence-corrected chi connectivity index (χ4v) is 4.54. The Hall–Kier alpha value is -1.42. The quantitative estimate of drug-likeness (QED) is 0.853. The van der Waals surface area contributed by atoms with Crippen LogP contribution in [0.4, 0.5) is 0 Å². The van der Waals surface area contributed by atoms with E-state index in [1.54, 1.807) is 0 Å². The van der Waals surface area contributed by atoms with Gasteiger partial charge in [-0.1, -0.05) is 6.07 Å². The van der Waals surface area contributed by atoms with E-state index in [4.69, 9.17) is 0 Å². The van der Waals surface area contributed by atoms with Crippen LogP contribution in [0.3, 0.4) is 0 Å². The van der Waals surface area contributed by atoms with Crippen LogP contribution in [0.1, 0.15) is 49.9 Å². The molecule has 3 aliphatic rings. The van der Waals surface area contributed by atoms with E-state index < -0.39 is 0 Å². The summed E-state index contributed by atoms with van der Waals surface area (Å²) >= 11 is 0. The van der Waals surface area contributed by atoms with Crippen LogP contribution in [0.2, 0.25) is 0 Å². The molecule has 2 saturated heterocycles. The topological polar surface area (TPSA) is 36.4 Å². The number of pyridine rings is 1. The molecular formula is C20H29N3O. The van der Waals surface area contributed by atoms with Crippen LogP contribution in [0.15, 0.2) is 18.2 Å². The molecule has 1 saturated carbocycles. The van der Waals surface area contributed by atoms with Gasteiger partial charge in [-0.3, -0.25) is 14.7 Å². The van der Waals surface area contributed by atoms with Crippen LogP contribution >= 0.6 is 0 Å². The molecule has 4 nitrogen and oxygen atoms in total. The Morgan fingerprint density at radius 3 is 2.92 bits per heavy atom. The largest absolute Gasteiger partial charge is 0.342 e. The highest BCUT2D eigenvalue weighted by Gasteiger charge is 2.43. The van der Waals surface area contributed by atoms with Crippen LogP contribution in [0.25, 0.3) is 0 Å². The smallest absolute Gasteiger partial charge is 0.222 e. The lowest BCUT2D eigenvalue weighted by molar-refractivity contribution is -0.131. The molecule has 1 aliphatic carbocycles. The third-order valence-electron chi connectivity index (χ3n) is 6.02. The zero-order valence-corrected chi connectivity index (χ0v) is 14.8. The first-order chi connectivity index (χ1) is 11.6. The predicted octanol–water partition coefficient (Wildman–Crippen LogP) is 3.00. The van der Waals surface area contributed by atoms with Crippen molar-refractivity contribution in [1.82, 2.24) is 14.8 Å². The minimum Gasteiger partial charge on any atom is -0.342 e. The molecule has 0 radical (unpaired) electrons. The molecule has 130 valence electrons. The summed E-state index contributed by atoms with van der Waals surface area (Å²) in [5.74, 6) is 1.11. The molecule has 1 aromatic rings. The van der Waals surface area contributed by atoms with E-state index in [1.807, 2.05) is 0 Å². The maximum Gasteiger partial charge on any atom is 0.222 e. The van der Waals surface area contributed by atoms with Gasteiger partial charge in [-0.05, 0) is 63.6 Å². The minimum absolute atomic E-state index is 0.335. The number of carbonyl (C=O) groups is 1. The molecule has 0 bridgehead atoms. The van der Waals surface area contributed by atoms with Crippen LogP contribution in [0, 0.1) is 18.3 Å². The molecule has 3 heterocycles. The Morgan fingerprint density at radius 2 is 2.12 bits per heavy atom. The standard InChI is InChI=1S/C20H29N3O/c1-16-4-2-5-18(21-16)13-22-10-3-8-20(14-22)9-11-23(15-20)19(24)12-17-6-7-17/h2,4-5,17H,3,6-15H2,1H3/t20-/m1/s1. The van der Waals surface area contributed by atoms with Gasteiger partial charge in [-0.15, -0.1) is 0 Å². The minimum atomic E-state index is 0.335. The molecule has 1 atom stereocenters. The zero-order valence-electron chi connectivity index (χ0n) is 14.8. The van der Waals surface area contributed by atoms with Gasteiger partial charge in [0.2, 0.25) is 5.91 Å². The second-order valence-electron chi connectivity index (χ2n) is 8.30. The molecule has 3 fully saturated rings. The third kappa shape index (κ3) is 3.64. The highest BCUT2D eigenvalue weighted by atomic mass is 16.2. The Morgan fingerprint density at radius 1 is 1.25 bits per heavy atom. The summed E-state index contributed by atoms with van der Waals surface area (Å²) in [7, 11) is 0. The zero-order chi connectivity index (χ0) is 16.6. The molecule has 1 aromatic heterocycles. The maximum absolute atomic E-state index is 12.4. The molecular weight excluding hydrogens is 298 g/mol. The molecule has 2 aliphatic heterocycles. The van der Waals surface area contributed by atoms with Gasteiger partial charge in [0.1, 0.15) is 0 Å². The SMILES string of the molecule is Cc1cccc(CN2CCC[C@@]3(CCN(C(=O)CC4CC4)C3)C2)n1. The summed E-state index contributed by atoms with van der Waals surface area (Å²) in [6.07, 6.45) is 7.03. The first kappa shape index (κ1) is 16.1. The van der Waals surface area contributed by atoms with Crippen LogP contribution in [-0.4, -0.2) is 46.9 Å². The van der Waals surface area contributed by atoms with Crippen molar-refractivity contribution in [3.8, 4) is 0 Å². The molecule has 1 amide bonds. The molecule has 24 heavy (non-hydrogen) atoms. The molecule has 0 N–H and O–H groups in total. The van der Waals surface area contributed by atoms with Gasteiger partial charge in [0.05, 0.1) is 5.69 Å². The van der Waals surface area contributed by atoms with E-state index >= 15 is 0 Å². The summed E-state index contributed by atoms with van der Waals surface area (Å²) in [6, 6.07) is 6.29. The second-order valence-corrected chi connectivity index (χ2v) is 8.30. The van der Waals surface area contributed by atoms with Crippen molar-refractivity contribution in [2.75, 3.05) is 26.2 Å². The second kappa shape index (κ2) is 6.47. The lowest BCUT2D eigenvalue weighted by Crippen LogP contribution is -2.45. The number of carbonyl (C=O) groups excluding carboxylic acids is 1. The Balaban J connectivity index is 1.36. The maximum atomic E-state index is 12.4. The van der Waals surface area contributed by atoms with Crippen molar-refractivity contribution in [2.45, 2.75) is 52.0 Å². The first-order valence-electron chi connectivity index (χ1n) is 9.55. The van der Waals surface area contributed by atoms with Gasteiger partial charge in [0, 0.05) is 43.7 Å². The fraction of sp³-hybridized carbons (Fsp3) is 0.700. The van der Waals surface area contributed by atoms with Gasteiger partial charge in [-0.25, -0.2) is 0 Å². The predicted molar refractivity (Wildman–Crippen MR) is 94.5 cm³/mol. The number of rotatable bonds is 4. The number of aryl methyl sites for hydroxylation is 1. The summed E-state index contributed by atoms with van der Waals surface area (Å²) < 4.78 is 0. The Labute approximate surface area is 145 Å². The lowest BCUT2D eigenvalue weighted by Gasteiger charge is -2.40. The van der Waals surface area contributed by atoms with E-state index in [-0.39, 0.29) is 0 Å². The molecule has 0 unspecified atom stereocenters. The van der Waals surface area contributed by atoms with E-state index in [0.29, 0.717) is 17.2 Å². The van der Waals surface area contributed by atoms with Crippen molar-refractivity contribution in [2.24, 2.45) is 11.3 Å². The van der Waals surface area contributed by atoms with Crippen LogP contribution in [-0.2, 0) is 11.3 Å². The number of likely N-dealkylation sites (tertiary alicyclic amines) is 2. The number of hydrogen-bond donors (Lipinski definition) is 0. The normalized spacial score (nSPS) is 27.8. The molecule has 0 aromatic carbocycles. The summed E-state index contributed by atoms with van der Waals surface area (Å²) in [6.45, 7) is 7.24. The molecule has 4 heteroatoms. The highest BCUT2D eigenvalue weighted by Crippen LogP contribution is 2.40. The van der Waals surface area contributed by atoms with E-state index in [9.17, 15) is 4.79 Å². The summed E-state index contributed by atoms with van der Waals surface area (Å²) in [5, 5.41) is 0. The Kier molecular flexibility index (Phi) is 4.33. The lowest BCUT2D eigenvalue weighted by atomic mass is 9.79. The molecule has 4 rings (SSSR count). The van der Waals surface area contributed by atoms with Crippen LogP contribution < -0.4 is 0 Å².